The molecular weight excluding hydrogens is 174 g/mol. The predicted octanol–water partition coefficient (Wildman–Crippen LogP) is 3.25. The van der Waals surface area contributed by atoms with Crippen molar-refractivity contribution in [3.05, 3.63) is 28.8 Å². The van der Waals surface area contributed by atoms with Gasteiger partial charge in [0.25, 0.3) is 6.43 Å². The number of aryl methyl sites for hydroxylation is 1. The first-order valence-corrected chi connectivity index (χ1v) is 3.99. The van der Waals surface area contributed by atoms with Crippen LogP contribution < -0.4 is 4.74 Å². The third kappa shape index (κ3) is 1.97. The van der Waals surface area contributed by atoms with Crippen molar-refractivity contribution in [2.45, 2.75) is 20.3 Å². The van der Waals surface area contributed by atoms with Crippen LogP contribution in [0, 0.1) is 13.8 Å². The molecule has 0 heterocycles. The normalized spacial score (nSPS) is 10.6. The number of methoxy groups -OCH3 is 1. The van der Waals surface area contributed by atoms with Gasteiger partial charge in [0.05, 0.1) is 7.11 Å². The lowest BCUT2D eigenvalue weighted by atomic mass is 10.1. The van der Waals surface area contributed by atoms with Gasteiger partial charge in [0.1, 0.15) is 5.75 Å². The molecule has 0 aliphatic carbocycles. The highest BCUT2D eigenvalue weighted by Gasteiger charge is 2.11. The summed E-state index contributed by atoms with van der Waals surface area (Å²) in [7, 11) is 1.48. The standard InChI is InChI=1S/C10H12F2O/c1-6-4-8(10(11)12)5-9(13-3)7(6)2/h4-5,10H,1-3H3. The van der Waals surface area contributed by atoms with Crippen molar-refractivity contribution >= 4 is 0 Å². The summed E-state index contributed by atoms with van der Waals surface area (Å²) in [5, 5.41) is 0. The number of ether oxygens (including phenoxy) is 1. The molecule has 0 unspecified atom stereocenters. The molecule has 0 aliphatic heterocycles. The molecule has 0 aliphatic rings. The average Bonchev–Trinajstić information content (AvgIpc) is 2.09. The van der Waals surface area contributed by atoms with Crippen molar-refractivity contribution in [1.29, 1.82) is 0 Å². The monoisotopic (exact) mass is 186 g/mol. The summed E-state index contributed by atoms with van der Waals surface area (Å²) in [4.78, 5) is 0. The van der Waals surface area contributed by atoms with Crippen molar-refractivity contribution in [2.75, 3.05) is 7.11 Å². The highest BCUT2D eigenvalue weighted by molar-refractivity contribution is 5.42. The molecule has 0 saturated heterocycles. The van der Waals surface area contributed by atoms with Gasteiger partial charge in [-0.2, -0.15) is 0 Å². The molecule has 0 radical (unpaired) electrons. The lowest BCUT2D eigenvalue weighted by Crippen LogP contribution is -1.94. The third-order valence-corrected chi connectivity index (χ3v) is 2.11. The molecule has 0 atom stereocenters. The fourth-order valence-corrected chi connectivity index (χ4v) is 1.19. The first kappa shape index (κ1) is 9.96. The van der Waals surface area contributed by atoms with Gasteiger partial charge in [0.15, 0.2) is 0 Å². The van der Waals surface area contributed by atoms with Gasteiger partial charge >= 0.3 is 0 Å². The molecule has 0 spiro atoms. The summed E-state index contributed by atoms with van der Waals surface area (Å²) < 4.78 is 29.7. The Bertz CT molecular complexity index is 308. The van der Waals surface area contributed by atoms with E-state index in [4.69, 9.17) is 4.74 Å². The molecule has 0 fully saturated rings. The molecule has 0 N–H and O–H groups in total. The van der Waals surface area contributed by atoms with Gasteiger partial charge in [-0.3, -0.25) is 0 Å². The van der Waals surface area contributed by atoms with Gasteiger partial charge in [0, 0.05) is 5.56 Å². The summed E-state index contributed by atoms with van der Waals surface area (Å²) in [5.74, 6) is 0.523. The first-order chi connectivity index (χ1) is 6.06. The SMILES string of the molecule is COc1cc(C(F)F)cc(C)c1C. The maximum absolute atomic E-state index is 12.3. The third-order valence-electron chi connectivity index (χ3n) is 2.11. The number of halogens is 2. The number of hydrogen-bond donors (Lipinski definition) is 0. The average molecular weight is 186 g/mol. The van der Waals surface area contributed by atoms with Crippen molar-refractivity contribution in [3.63, 3.8) is 0 Å². The molecule has 0 saturated carbocycles. The molecule has 1 aromatic rings. The summed E-state index contributed by atoms with van der Waals surface area (Å²) in [6.45, 7) is 3.65. The highest BCUT2D eigenvalue weighted by Crippen LogP contribution is 2.28. The van der Waals surface area contributed by atoms with Crippen LogP contribution in [0.5, 0.6) is 5.75 Å². The zero-order valence-electron chi connectivity index (χ0n) is 7.90. The maximum atomic E-state index is 12.3. The van der Waals surface area contributed by atoms with Gasteiger partial charge < -0.3 is 4.74 Å². The van der Waals surface area contributed by atoms with E-state index in [1.165, 1.54) is 19.2 Å². The van der Waals surface area contributed by atoms with Crippen LogP contribution in [0.4, 0.5) is 8.78 Å². The summed E-state index contributed by atoms with van der Waals surface area (Å²) in [6.07, 6.45) is -2.44. The van der Waals surface area contributed by atoms with Crippen LogP contribution in [0.15, 0.2) is 12.1 Å². The van der Waals surface area contributed by atoms with Gasteiger partial charge in [-0.15, -0.1) is 0 Å². The van der Waals surface area contributed by atoms with E-state index < -0.39 is 6.43 Å². The largest absolute Gasteiger partial charge is 0.496 e. The van der Waals surface area contributed by atoms with Gasteiger partial charge in [0.2, 0.25) is 0 Å². The van der Waals surface area contributed by atoms with Crippen molar-refractivity contribution in [2.24, 2.45) is 0 Å². The van der Waals surface area contributed by atoms with Crippen molar-refractivity contribution in [1.82, 2.24) is 0 Å². The molecule has 0 aromatic heterocycles. The fourth-order valence-electron chi connectivity index (χ4n) is 1.19. The van der Waals surface area contributed by atoms with E-state index >= 15 is 0 Å². The fraction of sp³-hybridized carbons (Fsp3) is 0.400. The Balaban J connectivity index is 3.22. The summed E-state index contributed by atoms with van der Waals surface area (Å²) in [6, 6.07) is 2.87. The Morgan fingerprint density at radius 2 is 1.85 bits per heavy atom. The van der Waals surface area contributed by atoms with E-state index in [-0.39, 0.29) is 5.56 Å². The van der Waals surface area contributed by atoms with Gasteiger partial charge in [-0.05, 0) is 37.1 Å². The smallest absolute Gasteiger partial charge is 0.263 e. The number of benzene rings is 1. The van der Waals surface area contributed by atoms with Crippen LogP contribution in [0.25, 0.3) is 0 Å². The van der Waals surface area contributed by atoms with E-state index in [1.54, 1.807) is 6.92 Å². The molecule has 0 bridgehead atoms. The van der Waals surface area contributed by atoms with E-state index in [2.05, 4.69) is 0 Å². The van der Waals surface area contributed by atoms with Gasteiger partial charge in [-0.1, -0.05) is 0 Å². The maximum Gasteiger partial charge on any atom is 0.263 e. The molecule has 1 nitrogen and oxygen atoms in total. The van der Waals surface area contributed by atoms with Crippen LogP contribution in [-0.4, -0.2) is 7.11 Å². The minimum absolute atomic E-state index is 0.0138. The second-order valence-electron chi connectivity index (χ2n) is 2.97. The first-order valence-electron chi connectivity index (χ1n) is 3.99. The molecule has 13 heavy (non-hydrogen) atoms. The molecule has 1 aromatic carbocycles. The second-order valence-corrected chi connectivity index (χ2v) is 2.97. The van der Waals surface area contributed by atoms with E-state index in [9.17, 15) is 8.78 Å². The minimum atomic E-state index is -2.44. The van der Waals surface area contributed by atoms with E-state index in [0.717, 1.165) is 11.1 Å². The van der Waals surface area contributed by atoms with Crippen LogP contribution in [0.1, 0.15) is 23.1 Å². The number of rotatable bonds is 2. The van der Waals surface area contributed by atoms with Crippen LogP contribution in [-0.2, 0) is 0 Å². The second kappa shape index (κ2) is 3.73. The van der Waals surface area contributed by atoms with Crippen molar-refractivity contribution < 1.29 is 13.5 Å². The zero-order chi connectivity index (χ0) is 10.0. The van der Waals surface area contributed by atoms with Crippen LogP contribution >= 0.6 is 0 Å². The molecule has 0 amide bonds. The summed E-state index contributed by atoms with van der Waals surface area (Å²) >= 11 is 0. The molecule has 3 heteroatoms. The molecule has 1 rings (SSSR count). The highest BCUT2D eigenvalue weighted by atomic mass is 19.3. The molecule has 72 valence electrons. The predicted molar refractivity (Wildman–Crippen MR) is 47.4 cm³/mol. The number of hydrogen-bond acceptors (Lipinski definition) is 1. The quantitative estimate of drug-likeness (QED) is 0.688. The number of alkyl halides is 2. The Hall–Kier alpha value is -1.12. The van der Waals surface area contributed by atoms with Crippen LogP contribution in [0.2, 0.25) is 0 Å². The Kier molecular flexibility index (Phi) is 2.86. The topological polar surface area (TPSA) is 9.23 Å². The lowest BCUT2D eigenvalue weighted by Gasteiger charge is -2.10. The Morgan fingerprint density at radius 3 is 2.31 bits per heavy atom. The Morgan fingerprint density at radius 1 is 1.23 bits per heavy atom. The van der Waals surface area contributed by atoms with Crippen molar-refractivity contribution in [3.8, 4) is 5.75 Å². The van der Waals surface area contributed by atoms with E-state index in [1.807, 2.05) is 6.92 Å². The van der Waals surface area contributed by atoms with E-state index in [0.29, 0.717) is 5.75 Å². The van der Waals surface area contributed by atoms with Gasteiger partial charge in [-0.25, -0.2) is 8.78 Å². The van der Waals surface area contributed by atoms with Crippen LogP contribution in [0.3, 0.4) is 0 Å². The molecular formula is C10H12F2O. The Labute approximate surface area is 76.3 Å². The minimum Gasteiger partial charge on any atom is -0.496 e. The zero-order valence-corrected chi connectivity index (χ0v) is 7.90. The lowest BCUT2D eigenvalue weighted by molar-refractivity contribution is 0.151. The summed E-state index contributed by atoms with van der Waals surface area (Å²) in [5.41, 5.74) is 1.75.